The molecule has 0 aromatic heterocycles. The molecule has 0 saturated heterocycles. The number of hydrazone groups is 1. The summed E-state index contributed by atoms with van der Waals surface area (Å²) in [5.41, 5.74) is 4.02. The first-order chi connectivity index (χ1) is 16.1. The summed E-state index contributed by atoms with van der Waals surface area (Å²) < 4.78 is 30.6. The number of halogens is 1. The Labute approximate surface area is 191 Å². The smallest absolute Gasteiger partial charge is 0.337 e. The molecule has 0 amide bonds. The second-order valence-electron chi connectivity index (χ2n) is 7.84. The van der Waals surface area contributed by atoms with E-state index in [4.69, 9.17) is 19.3 Å². The maximum atomic E-state index is 13.5. The zero-order valence-corrected chi connectivity index (χ0v) is 18.3. The quantitative estimate of drug-likeness (QED) is 0.501. The normalized spacial score (nSPS) is 18.6. The molecule has 2 heterocycles. The SMILES string of the molecule is CCOc1cccc2c1O[C@H](c1ccc(C(=O)OC)cc1)N1N=C(c3ccc(F)cc3)C[C@@H]21. The average molecular weight is 446 g/mol. The third-order valence-electron chi connectivity index (χ3n) is 5.87. The molecule has 168 valence electrons. The van der Waals surface area contributed by atoms with Crippen LogP contribution in [0.1, 0.15) is 52.7 Å². The van der Waals surface area contributed by atoms with Crippen LogP contribution in [0.25, 0.3) is 0 Å². The van der Waals surface area contributed by atoms with Crippen LogP contribution in [0.4, 0.5) is 4.39 Å². The molecule has 2 aliphatic heterocycles. The van der Waals surface area contributed by atoms with Crippen molar-refractivity contribution in [2.75, 3.05) is 13.7 Å². The number of carbonyl (C=O) groups is 1. The van der Waals surface area contributed by atoms with Gasteiger partial charge in [-0.15, -0.1) is 0 Å². The van der Waals surface area contributed by atoms with Gasteiger partial charge in [-0.05, 0) is 42.8 Å². The van der Waals surface area contributed by atoms with E-state index in [0.717, 1.165) is 22.4 Å². The van der Waals surface area contributed by atoms with E-state index < -0.39 is 12.2 Å². The molecule has 7 heteroatoms. The second kappa shape index (κ2) is 8.58. The summed E-state index contributed by atoms with van der Waals surface area (Å²) in [5, 5.41) is 6.82. The lowest BCUT2D eigenvalue weighted by molar-refractivity contribution is -0.0212. The van der Waals surface area contributed by atoms with Crippen molar-refractivity contribution in [2.24, 2.45) is 5.10 Å². The van der Waals surface area contributed by atoms with Gasteiger partial charge in [-0.1, -0.05) is 36.4 Å². The van der Waals surface area contributed by atoms with Gasteiger partial charge in [0.25, 0.3) is 0 Å². The topological polar surface area (TPSA) is 60.4 Å². The number of carbonyl (C=O) groups excluding carboxylic acids is 1. The van der Waals surface area contributed by atoms with Gasteiger partial charge in [-0.2, -0.15) is 5.10 Å². The molecule has 6 nitrogen and oxygen atoms in total. The summed E-state index contributed by atoms with van der Waals surface area (Å²) >= 11 is 0. The van der Waals surface area contributed by atoms with E-state index in [-0.39, 0.29) is 11.9 Å². The summed E-state index contributed by atoms with van der Waals surface area (Å²) in [6.07, 6.45) is 0.127. The molecule has 0 N–H and O–H groups in total. The van der Waals surface area contributed by atoms with Crippen molar-refractivity contribution in [3.05, 3.63) is 94.8 Å². The Balaban J connectivity index is 1.57. The molecule has 0 bridgehead atoms. The molecule has 0 spiro atoms. The number of benzene rings is 3. The lowest BCUT2D eigenvalue weighted by Crippen LogP contribution is -2.34. The largest absolute Gasteiger partial charge is 0.490 e. The molecule has 0 aliphatic carbocycles. The molecule has 3 aromatic rings. The first kappa shape index (κ1) is 21.0. The molecule has 3 aromatic carbocycles. The minimum atomic E-state index is -0.520. The molecule has 5 rings (SSSR count). The van der Waals surface area contributed by atoms with Gasteiger partial charge in [0.05, 0.1) is 31.0 Å². The Morgan fingerprint density at radius 2 is 1.88 bits per heavy atom. The highest BCUT2D eigenvalue weighted by Crippen LogP contribution is 2.50. The Morgan fingerprint density at radius 1 is 1.12 bits per heavy atom. The van der Waals surface area contributed by atoms with Crippen LogP contribution in [-0.2, 0) is 4.74 Å². The van der Waals surface area contributed by atoms with E-state index in [1.165, 1.54) is 19.2 Å². The van der Waals surface area contributed by atoms with Crippen molar-refractivity contribution in [1.82, 2.24) is 5.01 Å². The van der Waals surface area contributed by atoms with Gasteiger partial charge < -0.3 is 14.2 Å². The van der Waals surface area contributed by atoms with Crippen molar-refractivity contribution >= 4 is 11.7 Å². The number of esters is 1. The van der Waals surface area contributed by atoms with Gasteiger partial charge in [0, 0.05) is 17.5 Å². The average Bonchev–Trinajstić information content (AvgIpc) is 3.30. The third kappa shape index (κ3) is 3.80. The van der Waals surface area contributed by atoms with Crippen LogP contribution in [0.3, 0.4) is 0 Å². The summed E-state index contributed by atoms with van der Waals surface area (Å²) in [4.78, 5) is 11.9. The highest BCUT2D eigenvalue weighted by Gasteiger charge is 2.42. The maximum Gasteiger partial charge on any atom is 0.337 e. The van der Waals surface area contributed by atoms with E-state index >= 15 is 0 Å². The molecule has 0 saturated carbocycles. The van der Waals surface area contributed by atoms with Crippen molar-refractivity contribution in [3.63, 3.8) is 0 Å². The maximum absolute atomic E-state index is 13.5. The van der Waals surface area contributed by atoms with E-state index in [9.17, 15) is 9.18 Å². The van der Waals surface area contributed by atoms with Gasteiger partial charge in [0.1, 0.15) is 5.82 Å². The fourth-order valence-corrected chi connectivity index (χ4v) is 4.29. The molecule has 0 fully saturated rings. The van der Waals surface area contributed by atoms with Crippen LogP contribution in [0.5, 0.6) is 11.5 Å². The van der Waals surface area contributed by atoms with Crippen molar-refractivity contribution < 1.29 is 23.4 Å². The highest BCUT2D eigenvalue weighted by atomic mass is 19.1. The fourth-order valence-electron chi connectivity index (χ4n) is 4.29. The first-order valence-electron chi connectivity index (χ1n) is 10.8. The first-order valence-corrected chi connectivity index (χ1v) is 10.8. The Hall–Kier alpha value is -3.87. The van der Waals surface area contributed by atoms with Crippen LogP contribution in [0.15, 0.2) is 71.8 Å². The summed E-state index contributed by atoms with van der Waals surface area (Å²) in [6, 6.07) is 19.3. The van der Waals surface area contributed by atoms with Crippen molar-refractivity contribution in [3.8, 4) is 11.5 Å². The molecular weight excluding hydrogens is 423 g/mol. The van der Waals surface area contributed by atoms with Gasteiger partial charge in [0.15, 0.2) is 11.5 Å². The minimum Gasteiger partial charge on any atom is -0.490 e. The number of nitrogens with zero attached hydrogens (tertiary/aromatic N) is 2. The van der Waals surface area contributed by atoms with E-state index in [1.807, 2.05) is 42.3 Å². The zero-order chi connectivity index (χ0) is 22.9. The predicted octanol–water partition coefficient (Wildman–Crippen LogP) is 5.25. The monoisotopic (exact) mass is 446 g/mol. The van der Waals surface area contributed by atoms with Crippen molar-refractivity contribution in [1.29, 1.82) is 0 Å². The summed E-state index contributed by atoms with van der Waals surface area (Å²) in [6.45, 7) is 2.45. The summed E-state index contributed by atoms with van der Waals surface area (Å²) in [5.74, 6) is 0.693. The third-order valence-corrected chi connectivity index (χ3v) is 5.87. The Morgan fingerprint density at radius 3 is 2.58 bits per heavy atom. The number of methoxy groups -OCH3 is 1. The van der Waals surface area contributed by atoms with E-state index in [2.05, 4.69) is 0 Å². The predicted molar refractivity (Wildman–Crippen MR) is 121 cm³/mol. The second-order valence-corrected chi connectivity index (χ2v) is 7.84. The number of para-hydroxylation sites is 1. The lowest BCUT2D eigenvalue weighted by atomic mass is 9.95. The van der Waals surface area contributed by atoms with E-state index in [1.54, 1.807) is 24.3 Å². The molecule has 0 radical (unpaired) electrons. The molecule has 2 atom stereocenters. The minimum absolute atomic E-state index is 0.0699. The molecular formula is C26H23FN2O4. The number of hydrogen-bond acceptors (Lipinski definition) is 6. The van der Waals surface area contributed by atoms with Crippen LogP contribution in [-0.4, -0.2) is 30.4 Å². The van der Waals surface area contributed by atoms with Crippen LogP contribution in [0.2, 0.25) is 0 Å². The van der Waals surface area contributed by atoms with Gasteiger partial charge in [-0.3, -0.25) is 0 Å². The number of fused-ring (bicyclic) bond motifs is 3. The van der Waals surface area contributed by atoms with Gasteiger partial charge in [-0.25, -0.2) is 14.2 Å². The lowest BCUT2D eigenvalue weighted by Gasteiger charge is -2.38. The highest BCUT2D eigenvalue weighted by molar-refractivity contribution is 6.02. The van der Waals surface area contributed by atoms with Crippen LogP contribution in [0, 0.1) is 5.82 Å². The molecule has 0 unspecified atom stereocenters. The fraction of sp³-hybridized carbons (Fsp3) is 0.231. The molecule has 2 aliphatic rings. The van der Waals surface area contributed by atoms with Crippen molar-refractivity contribution in [2.45, 2.75) is 25.6 Å². The van der Waals surface area contributed by atoms with Gasteiger partial charge >= 0.3 is 5.97 Å². The van der Waals surface area contributed by atoms with Gasteiger partial charge in [0.2, 0.25) is 6.23 Å². The number of ether oxygens (including phenoxy) is 3. The Kier molecular flexibility index (Phi) is 5.46. The number of rotatable bonds is 5. The zero-order valence-electron chi connectivity index (χ0n) is 18.3. The molecule has 33 heavy (non-hydrogen) atoms. The standard InChI is InChI=1S/C26H23FN2O4/c1-3-32-23-6-4-5-20-22-15-21(16-11-13-19(27)14-12-16)28-29(22)25(33-24(20)23)17-7-9-18(10-8-17)26(30)31-2/h4-14,22,25H,3,15H2,1-2H3/t22-,25+/m0/s1. The van der Waals surface area contributed by atoms with Crippen LogP contribution >= 0.6 is 0 Å². The number of hydrogen-bond donors (Lipinski definition) is 0. The van der Waals surface area contributed by atoms with E-state index in [0.29, 0.717) is 30.1 Å². The summed E-state index contributed by atoms with van der Waals surface area (Å²) in [7, 11) is 1.35. The Bertz CT molecular complexity index is 1210. The van der Waals surface area contributed by atoms with Crippen LogP contribution < -0.4 is 9.47 Å².